The second-order valence-corrected chi connectivity index (χ2v) is 5.41. The van der Waals surface area contributed by atoms with Crippen LogP contribution in [0.15, 0.2) is 30.5 Å². The number of ether oxygens (including phenoxy) is 2. The van der Waals surface area contributed by atoms with Crippen LogP contribution in [0, 0.1) is 0 Å². The smallest absolute Gasteiger partial charge is 0.309 e. The van der Waals surface area contributed by atoms with Crippen LogP contribution >= 0.6 is 23.2 Å². The van der Waals surface area contributed by atoms with Gasteiger partial charge in [0.25, 0.3) is 0 Å². The number of carbonyl (C=O) groups is 1. The van der Waals surface area contributed by atoms with E-state index in [9.17, 15) is 9.90 Å². The van der Waals surface area contributed by atoms with Crippen molar-refractivity contribution in [1.82, 2.24) is 4.98 Å². The SMILES string of the molecule is CCOC(=O)CCOc1ccc(-c2ncc(Cl)cc2Cl)cc1O. The van der Waals surface area contributed by atoms with E-state index in [1.54, 1.807) is 25.1 Å². The first-order valence-corrected chi connectivity index (χ1v) is 7.69. The van der Waals surface area contributed by atoms with Crippen LogP contribution in [-0.2, 0) is 9.53 Å². The standard InChI is InChI=1S/C16H15Cl2NO4/c1-2-22-15(21)5-6-23-14-4-3-10(7-13(14)20)16-12(18)8-11(17)9-19-16/h3-4,7-9,20H,2,5-6H2,1H3. The summed E-state index contributed by atoms with van der Waals surface area (Å²) in [6.45, 7) is 2.18. The van der Waals surface area contributed by atoms with Crippen LogP contribution in [0.25, 0.3) is 11.3 Å². The van der Waals surface area contributed by atoms with Crippen molar-refractivity contribution >= 4 is 29.2 Å². The van der Waals surface area contributed by atoms with Gasteiger partial charge in [-0.25, -0.2) is 0 Å². The molecule has 1 heterocycles. The van der Waals surface area contributed by atoms with Crippen molar-refractivity contribution in [2.75, 3.05) is 13.2 Å². The van der Waals surface area contributed by atoms with Gasteiger partial charge in [0.15, 0.2) is 11.5 Å². The number of hydrogen-bond acceptors (Lipinski definition) is 5. The Bertz CT molecular complexity index is 706. The lowest BCUT2D eigenvalue weighted by Crippen LogP contribution is -2.09. The zero-order valence-electron chi connectivity index (χ0n) is 12.4. The van der Waals surface area contributed by atoms with Gasteiger partial charge in [0, 0.05) is 11.8 Å². The molecule has 0 aliphatic carbocycles. The van der Waals surface area contributed by atoms with Crippen LogP contribution in [-0.4, -0.2) is 29.3 Å². The molecule has 0 radical (unpaired) electrons. The largest absolute Gasteiger partial charge is 0.504 e. The number of esters is 1. The highest BCUT2D eigenvalue weighted by Gasteiger charge is 2.11. The highest BCUT2D eigenvalue weighted by Crippen LogP contribution is 2.34. The van der Waals surface area contributed by atoms with Crippen molar-refractivity contribution in [3.05, 3.63) is 40.5 Å². The molecule has 5 nitrogen and oxygen atoms in total. The molecule has 0 spiro atoms. The summed E-state index contributed by atoms with van der Waals surface area (Å²) in [5, 5.41) is 10.8. The normalized spacial score (nSPS) is 10.4. The molecule has 0 aliphatic rings. The van der Waals surface area contributed by atoms with Gasteiger partial charge in [-0.15, -0.1) is 0 Å². The van der Waals surface area contributed by atoms with Crippen LogP contribution in [0.1, 0.15) is 13.3 Å². The fraction of sp³-hybridized carbons (Fsp3) is 0.250. The maximum absolute atomic E-state index is 11.2. The van der Waals surface area contributed by atoms with Crippen molar-refractivity contribution in [3.63, 3.8) is 0 Å². The number of phenolic OH excluding ortho intramolecular Hbond substituents is 1. The minimum atomic E-state index is -0.347. The fourth-order valence-electron chi connectivity index (χ4n) is 1.89. The Morgan fingerprint density at radius 1 is 1.30 bits per heavy atom. The highest BCUT2D eigenvalue weighted by atomic mass is 35.5. The molecule has 7 heteroatoms. The Kier molecular flexibility index (Phi) is 6.07. The van der Waals surface area contributed by atoms with Crippen molar-refractivity contribution in [1.29, 1.82) is 0 Å². The summed E-state index contributed by atoms with van der Waals surface area (Å²) in [5.41, 5.74) is 1.13. The molecule has 0 aliphatic heterocycles. The lowest BCUT2D eigenvalue weighted by atomic mass is 10.1. The second-order valence-electron chi connectivity index (χ2n) is 4.57. The average molecular weight is 356 g/mol. The van der Waals surface area contributed by atoms with E-state index in [2.05, 4.69) is 4.98 Å². The third kappa shape index (κ3) is 4.74. The summed E-state index contributed by atoms with van der Waals surface area (Å²) >= 11 is 11.9. The molecule has 0 unspecified atom stereocenters. The summed E-state index contributed by atoms with van der Waals surface area (Å²) in [7, 11) is 0. The van der Waals surface area contributed by atoms with Gasteiger partial charge in [-0.2, -0.15) is 0 Å². The van der Waals surface area contributed by atoms with Gasteiger partial charge in [-0.05, 0) is 31.2 Å². The number of phenols is 1. The number of halogens is 2. The topological polar surface area (TPSA) is 68.7 Å². The van der Waals surface area contributed by atoms with E-state index in [0.29, 0.717) is 27.9 Å². The summed E-state index contributed by atoms with van der Waals surface area (Å²) in [6.07, 6.45) is 1.59. The third-order valence-electron chi connectivity index (χ3n) is 2.91. The first kappa shape index (κ1) is 17.4. The van der Waals surface area contributed by atoms with Gasteiger partial charge in [-0.1, -0.05) is 23.2 Å². The minimum absolute atomic E-state index is 0.0702. The van der Waals surface area contributed by atoms with Crippen molar-refractivity contribution in [2.45, 2.75) is 13.3 Å². The number of pyridine rings is 1. The number of benzene rings is 1. The van der Waals surface area contributed by atoms with Gasteiger partial charge in [-0.3, -0.25) is 9.78 Å². The van der Waals surface area contributed by atoms with Gasteiger partial charge in [0.2, 0.25) is 0 Å². The van der Waals surface area contributed by atoms with Gasteiger partial charge in [0.05, 0.1) is 35.4 Å². The molecule has 1 aromatic heterocycles. The van der Waals surface area contributed by atoms with Crippen molar-refractivity contribution in [2.24, 2.45) is 0 Å². The van der Waals surface area contributed by atoms with E-state index in [-0.39, 0.29) is 30.5 Å². The molecule has 1 aromatic carbocycles. The zero-order chi connectivity index (χ0) is 16.8. The molecule has 23 heavy (non-hydrogen) atoms. The average Bonchev–Trinajstić information content (AvgIpc) is 2.49. The fourth-order valence-corrected chi connectivity index (χ4v) is 2.38. The summed E-state index contributed by atoms with van der Waals surface area (Å²) in [5.74, 6) is -0.150. The molecule has 0 saturated carbocycles. The van der Waals surface area contributed by atoms with Crippen LogP contribution < -0.4 is 4.74 Å². The molecule has 122 valence electrons. The zero-order valence-corrected chi connectivity index (χ0v) is 13.9. The quantitative estimate of drug-likeness (QED) is 0.790. The van der Waals surface area contributed by atoms with E-state index in [4.69, 9.17) is 32.7 Å². The van der Waals surface area contributed by atoms with E-state index in [1.165, 1.54) is 12.3 Å². The number of hydrogen-bond donors (Lipinski definition) is 1. The van der Waals surface area contributed by atoms with E-state index in [0.717, 1.165) is 0 Å². The Balaban J connectivity index is 2.07. The number of rotatable bonds is 6. The predicted octanol–water partition coefficient (Wildman–Crippen LogP) is 4.09. The lowest BCUT2D eigenvalue weighted by Gasteiger charge is -2.10. The Hall–Kier alpha value is -1.98. The van der Waals surface area contributed by atoms with Crippen LogP contribution in [0.2, 0.25) is 10.0 Å². The Morgan fingerprint density at radius 3 is 2.74 bits per heavy atom. The maximum atomic E-state index is 11.2. The van der Waals surface area contributed by atoms with Gasteiger partial charge >= 0.3 is 5.97 Å². The maximum Gasteiger partial charge on any atom is 0.309 e. The number of carbonyl (C=O) groups excluding carboxylic acids is 1. The van der Waals surface area contributed by atoms with Crippen molar-refractivity contribution in [3.8, 4) is 22.8 Å². The molecule has 2 aromatic rings. The Labute approximate surface area is 143 Å². The van der Waals surface area contributed by atoms with E-state index in [1.807, 2.05) is 0 Å². The molecule has 2 rings (SSSR count). The number of nitrogens with zero attached hydrogens (tertiary/aromatic N) is 1. The first-order valence-electron chi connectivity index (χ1n) is 6.94. The third-order valence-corrected chi connectivity index (χ3v) is 3.40. The van der Waals surface area contributed by atoms with Gasteiger partial charge in [0.1, 0.15) is 0 Å². The molecular formula is C16H15Cl2NO4. The molecular weight excluding hydrogens is 341 g/mol. The molecule has 1 N–H and O–H groups in total. The molecule has 0 amide bonds. The van der Waals surface area contributed by atoms with Crippen LogP contribution in [0.4, 0.5) is 0 Å². The molecule has 0 bridgehead atoms. The predicted molar refractivity (Wildman–Crippen MR) is 88.1 cm³/mol. The van der Waals surface area contributed by atoms with E-state index >= 15 is 0 Å². The number of aromatic hydroxyl groups is 1. The lowest BCUT2D eigenvalue weighted by molar-refractivity contribution is -0.143. The summed E-state index contributed by atoms with van der Waals surface area (Å²) in [6, 6.07) is 6.36. The number of aromatic nitrogens is 1. The molecule has 0 saturated heterocycles. The van der Waals surface area contributed by atoms with Crippen LogP contribution in [0.5, 0.6) is 11.5 Å². The highest BCUT2D eigenvalue weighted by molar-refractivity contribution is 6.36. The van der Waals surface area contributed by atoms with Gasteiger partial charge < -0.3 is 14.6 Å². The first-order chi connectivity index (χ1) is 11.0. The summed E-state index contributed by atoms with van der Waals surface area (Å²) in [4.78, 5) is 15.4. The second kappa shape index (κ2) is 8.04. The molecule has 0 fully saturated rings. The van der Waals surface area contributed by atoms with Crippen molar-refractivity contribution < 1.29 is 19.4 Å². The molecule has 0 atom stereocenters. The monoisotopic (exact) mass is 355 g/mol. The Morgan fingerprint density at radius 2 is 2.09 bits per heavy atom. The van der Waals surface area contributed by atoms with Crippen LogP contribution in [0.3, 0.4) is 0 Å². The van der Waals surface area contributed by atoms with E-state index < -0.39 is 0 Å². The minimum Gasteiger partial charge on any atom is -0.504 e. The summed E-state index contributed by atoms with van der Waals surface area (Å²) < 4.78 is 10.2.